The standard InChI is InChI=1S/C21H19N5O2/c1-25(14-19-23-18-10-6-5-9-17(18)20(27)24-19)21(28)16-11-22-26(13-16)12-15-7-3-2-4-8-15/h2-11,13H,12,14H2,1H3,(H,23,24,27). The summed E-state index contributed by atoms with van der Waals surface area (Å²) in [5.74, 6) is 0.256. The van der Waals surface area contributed by atoms with E-state index in [4.69, 9.17) is 0 Å². The second kappa shape index (κ2) is 7.48. The number of nitrogens with zero attached hydrogens (tertiary/aromatic N) is 4. The Labute approximate surface area is 161 Å². The van der Waals surface area contributed by atoms with E-state index < -0.39 is 0 Å². The van der Waals surface area contributed by atoms with Gasteiger partial charge in [0.2, 0.25) is 0 Å². The molecule has 0 fully saturated rings. The van der Waals surface area contributed by atoms with Crippen molar-refractivity contribution in [2.45, 2.75) is 13.1 Å². The Bertz CT molecular complexity index is 1180. The lowest BCUT2D eigenvalue weighted by Gasteiger charge is -2.15. The van der Waals surface area contributed by atoms with E-state index in [0.717, 1.165) is 5.56 Å². The van der Waals surface area contributed by atoms with Gasteiger partial charge in [-0.25, -0.2) is 4.98 Å². The highest BCUT2D eigenvalue weighted by atomic mass is 16.2. The van der Waals surface area contributed by atoms with Crippen molar-refractivity contribution < 1.29 is 4.79 Å². The number of nitrogens with one attached hydrogen (secondary N) is 1. The molecule has 0 bridgehead atoms. The molecule has 28 heavy (non-hydrogen) atoms. The summed E-state index contributed by atoms with van der Waals surface area (Å²) in [5.41, 5.74) is 1.99. The van der Waals surface area contributed by atoms with Gasteiger partial charge < -0.3 is 9.88 Å². The van der Waals surface area contributed by atoms with Gasteiger partial charge >= 0.3 is 0 Å². The van der Waals surface area contributed by atoms with Gasteiger partial charge in [0.05, 0.1) is 35.8 Å². The minimum absolute atomic E-state index is 0.185. The quantitative estimate of drug-likeness (QED) is 0.582. The van der Waals surface area contributed by atoms with Crippen LogP contribution in [0.1, 0.15) is 21.7 Å². The first kappa shape index (κ1) is 17.7. The molecule has 0 unspecified atom stereocenters. The van der Waals surface area contributed by atoms with E-state index in [1.165, 1.54) is 4.90 Å². The fourth-order valence-electron chi connectivity index (χ4n) is 3.06. The molecule has 1 N–H and O–H groups in total. The van der Waals surface area contributed by atoms with Gasteiger partial charge in [0.25, 0.3) is 11.5 Å². The number of carbonyl (C=O) groups excluding carboxylic acids is 1. The largest absolute Gasteiger partial charge is 0.334 e. The second-order valence-corrected chi connectivity index (χ2v) is 6.60. The molecule has 0 aliphatic heterocycles. The van der Waals surface area contributed by atoms with Crippen molar-refractivity contribution in [1.82, 2.24) is 24.6 Å². The van der Waals surface area contributed by atoms with Gasteiger partial charge in [-0.15, -0.1) is 0 Å². The molecule has 1 amide bonds. The fraction of sp³-hybridized carbons (Fsp3) is 0.143. The number of H-pyrrole nitrogens is 1. The molecule has 7 nitrogen and oxygen atoms in total. The van der Waals surface area contributed by atoms with Crippen molar-refractivity contribution in [3.8, 4) is 0 Å². The molecule has 4 aromatic rings. The van der Waals surface area contributed by atoms with Crippen LogP contribution < -0.4 is 5.56 Å². The van der Waals surface area contributed by atoms with Crippen molar-refractivity contribution >= 4 is 16.8 Å². The van der Waals surface area contributed by atoms with Gasteiger partial charge in [-0.3, -0.25) is 14.3 Å². The number of aromatic nitrogens is 4. The molecule has 0 saturated heterocycles. The van der Waals surface area contributed by atoms with E-state index in [2.05, 4.69) is 15.1 Å². The maximum absolute atomic E-state index is 12.7. The minimum atomic E-state index is -0.211. The van der Waals surface area contributed by atoms with E-state index in [0.29, 0.717) is 28.8 Å². The zero-order valence-electron chi connectivity index (χ0n) is 15.4. The number of carbonyl (C=O) groups is 1. The van der Waals surface area contributed by atoms with Crippen LogP contribution in [0, 0.1) is 0 Å². The lowest BCUT2D eigenvalue weighted by Crippen LogP contribution is -2.28. The van der Waals surface area contributed by atoms with Crippen LogP contribution in [0.4, 0.5) is 0 Å². The number of hydrogen-bond donors (Lipinski definition) is 1. The Morgan fingerprint density at radius 2 is 1.86 bits per heavy atom. The van der Waals surface area contributed by atoms with Crippen LogP contribution in [0.5, 0.6) is 0 Å². The number of rotatable bonds is 5. The van der Waals surface area contributed by atoms with Crippen LogP contribution in [0.15, 0.2) is 71.8 Å². The minimum Gasteiger partial charge on any atom is -0.334 e. The number of fused-ring (bicyclic) bond motifs is 1. The number of hydrogen-bond acceptors (Lipinski definition) is 4. The van der Waals surface area contributed by atoms with E-state index in [1.54, 1.807) is 42.3 Å². The van der Waals surface area contributed by atoms with Gasteiger partial charge in [-0.05, 0) is 17.7 Å². The predicted octanol–water partition coefficient (Wildman–Crippen LogP) is 2.44. The van der Waals surface area contributed by atoms with Gasteiger partial charge in [-0.2, -0.15) is 5.10 Å². The van der Waals surface area contributed by atoms with Crippen LogP contribution >= 0.6 is 0 Å². The fourth-order valence-corrected chi connectivity index (χ4v) is 3.06. The van der Waals surface area contributed by atoms with Crippen LogP contribution in [0.3, 0.4) is 0 Å². The third-order valence-corrected chi connectivity index (χ3v) is 4.46. The summed E-state index contributed by atoms with van der Waals surface area (Å²) in [7, 11) is 1.67. The molecule has 7 heteroatoms. The van der Waals surface area contributed by atoms with Crippen LogP contribution in [0.2, 0.25) is 0 Å². The summed E-state index contributed by atoms with van der Waals surface area (Å²) in [6, 6.07) is 17.0. The molecule has 140 valence electrons. The SMILES string of the molecule is CN(Cc1nc2ccccc2c(=O)[nH]1)C(=O)c1cnn(Cc2ccccc2)c1. The topological polar surface area (TPSA) is 83.9 Å². The number of para-hydroxylation sites is 1. The molecule has 0 aliphatic rings. The molecule has 4 rings (SSSR count). The Morgan fingerprint density at radius 3 is 2.68 bits per heavy atom. The monoisotopic (exact) mass is 373 g/mol. The highest BCUT2D eigenvalue weighted by molar-refractivity contribution is 5.93. The zero-order valence-corrected chi connectivity index (χ0v) is 15.4. The highest BCUT2D eigenvalue weighted by Crippen LogP contribution is 2.10. The number of aromatic amines is 1. The van der Waals surface area contributed by atoms with Gasteiger partial charge in [0.15, 0.2) is 0 Å². The number of benzene rings is 2. The van der Waals surface area contributed by atoms with E-state index in [-0.39, 0.29) is 18.0 Å². The second-order valence-electron chi connectivity index (χ2n) is 6.60. The number of amides is 1. The molecule has 0 saturated carbocycles. The first-order chi connectivity index (χ1) is 13.6. The molecular formula is C21H19N5O2. The average molecular weight is 373 g/mol. The van der Waals surface area contributed by atoms with Gasteiger partial charge in [-0.1, -0.05) is 42.5 Å². The van der Waals surface area contributed by atoms with Crippen LogP contribution in [-0.4, -0.2) is 37.6 Å². The molecule has 2 heterocycles. The molecule has 2 aromatic heterocycles. The average Bonchev–Trinajstić information content (AvgIpc) is 3.16. The van der Waals surface area contributed by atoms with Crippen molar-refractivity contribution in [2.24, 2.45) is 0 Å². The Morgan fingerprint density at radius 1 is 1.11 bits per heavy atom. The van der Waals surface area contributed by atoms with Crippen molar-refractivity contribution in [3.63, 3.8) is 0 Å². The third kappa shape index (κ3) is 3.68. The maximum atomic E-state index is 12.7. The van der Waals surface area contributed by atoms with Crippen molar-refractivity contribution in [2.75, 3.05) is 7.05 Å². The zero-order chi connectivity index (χ0) is 19.5. The van der Waals surface area contributed by atoms with Crippen molar-refractivity contribution in [3.05, 3.63) is 94.3 Å². The molecule has 2 aromatic carbocycles. The van der Waals surface area contributed by atoms with E-state index in [1.807, 2.05) is 36.4 Å². The Balaban J connectivity index is 1.49. The Kier molecular flexibility index (Phi) is 4.72. The van der Waals surface area contributed by atoms with Gasteiger partial charge in [0.1, 0.15) is 5.82 Å². The normalized spacial score (nSPS) is 10.9. The Hall–Kier alpha value is -3.74. The highest BCUT2D eigenvalue weighted by Gasteiger charge is 2.16. The molecule has 0 atom stereocenters. The lowest BCUT2D eigenvalue weighted by molar-refractivity contribution is 0.0781. The molecular weight excluding hydrogens is 354 g/mol. The third-order valence-electron chi connectivity index (χ3n) is 4.46. The molecule has 0 aliphatic carbocycles. The lowest BCUT2D eigenvalue weighted by atomic mass is 10.2. The molecule has 0 radical (unpaired) electrons. The van der Waals surface area contributed by atoms with Crippen LogP contribution in [0.25, 0.3) is 10.9 Å². The summed E-state index contributed by atoms with van der Waals surface area (Å²) in [4.78, 5) is 33.6. The predicted molar refractivity (Wildman–Crippen MR) is 106 cm³/mol. The first-order valence-corrected chi connectivity index (χ1v) is 8.90. The summed E-state index contributed by atoms with van der Waals surface area (Å²) in [6.07, 6.45) is 3.28. The van der Waals surface area contributed by atoms with E-state index in [9.17, 15) is 9.59 Å². The first-order valence-electron chi connectivity index (χ1n) is 8.90. The summed E-state index contributed by atoms with van der Waals surface area (Å²) >= 11 is 0. The van der Waals surface area contributed by atoms with Gasteiger partial charge in [0, 0.05) is 13.2 Å². The summed E-state index contributed by atoms with van der Waals surface area (Å²) in [5, 5.41) is 4.80. The summed E-state index contributed by atoms with van der Waals surface area (Å²) in [6.45, 7) is 0.792. The summed E-state index contributed by atoms with van der Waals surface area (Å²) < 4.78 is 1.73. The van der Waals surface area contributed by atoms with Crippen LogP contribution in [-0.2, 0) is 13.1 Å². The smallest absolute Gasteiger partial charge is 0.258 e. The molecule has 0 spiro atoms. The maximum Gasteiger partial charge on any atom is 0.258 e. The van der Waals surface area contributed by atoms with Crippen molar-refractivity contribution in [1.29, 1.82) is 0 Å². The van der Waals surface area contributed by atoms with E-state index >= 15 is 0 Å².